The van der Waals surface area contributed by atoms with E-state index in [1.807, 2.05) is 6.07 Å². The van der Waals surface area contributed by atoms with Gasteiger partial charge in [-0.3, -0.25) is 19.2 Å². The van der Waals surface area contributed by atoms with Crippen molar-refractivity contribution in [1.29, 1.82) is 0 Å². The van der Waals surface area contributed by atoms with E-state index in [4.69, 9.17) is 5.11 Å². The summed E-state index contributed by atoms with van der Waals surface area (Å²) in [4.78, 5) is 46.5. The zero-order chi connectivity index (χ0) is 22.5. The monoisotopic (exact) mass is 439 g/mol. The number of amides is 3. The molecule has 0 aliphatic rings. The predicted molar refractivity (Wildman–Crippen MR) is 114 cm³/mol. The summed E-state index contributed by atoms with van der Waals surface area (Å²) in [7, 11) is 0. The zero-order valence-corrected chi connectivity index (χ0v) is 17.7. The molecule has 1 unspecified atom stereocenters. The molecule has 3 atom stereocenters. The third-order valence-corrected chi connectivity index (χ3v) is 4.77. The van der Waals surface area contributed by atoms with Crippen LogP contribution in [-0.2, 0) is 25.6 Å². The van der Waals surface area contributed by atoms with Gasteiger partial charge in [0.1, 0.15) is 11.3 Å². The highest BCUT2D eigenvalue weighted by Gasteiger charge is 2.31. The summed E-state index contributed by atoms with van der Waals surface area (Å²) in [5.74, 6) is -2.95. The number of carboxylic acids is 1. The minimum Gasteiger partial charge on any atom is -0.480 e. The predicted octanol–water partition coefficient (Wildman–Crippen LogP) is -0.120. The van der Waals surface area contributed by atoms with Gasteiger partial charge in [0.15, 0.2) is 6.10 Å². The maximum absolute atomic E-state index is 12.6. The number of carbonyl (C=O) groups is 4. The Kier molecular flexibility index (Phi) is 11.5. The van der Waals surface area contributed by atoms with E-state index in [0.717, 1.165) is 18.4 Å². The fraction of sp³-hybridized carbons (Fsp3) is 0.500. The number of rotatable bonds is 13. The molecule has 0 fully saturated rings. The van der Waals surface area contributed by atoms with E-state index >= 15 is 0 Å². The molecule has 30 heavy (non-hydrogen) atoms. The Morgan fingerprint density at radius 1 is 0.967 bits per heavy atom. The Hall–Kier alpha value is -2.59. The number of aliphatic hydroxyl groups is 1. The molecule has 3 amide bonds. The van der Waals surface area contributed by atoms with Gasteiger partial charge in [-0.2, -0.15) is 12.6 Å². The Morgan fingerprint density at radius 3 is 2.13 bits per heavy atom. The average molecular weight is 440 g/mol. The standard InChI is InChI=1S/C20H29N3O6S/c1-13(24)21-10-6-3-7-11-22-18(26)15(12-14-8-4-2-5-9-14)23-19(27)16(25)17(30)20(28)29/h2,4-5,8-9,15-17,25,30H,3,6-7,10-12H2,1H3,(H,21,24)(H,22,26)(H,23,27)(H,28,29)/t15-,16+,17?/m0/s1. The fourth-order valence-electron chi connectivity index (χ4n) is 2.62. The van der Waals surface area contributed by atoms with Crippen molar-refractivity contribution < 1.29 is 29.4 Å². The topological polar surface area (TPSA) is 145 Å². The van der Waals surface area contributed by atoms with Crippen LogP contribution in [0.1, 0.15) is 31.7 Å². The Balaban J connectivity index is 2.62. The van der Waals surface area contributed by atoms with Gasteiger partial charge in [0.25, 0.3) is 5.91 Å². The molecule has 0 radical (unpaired) electrons. The maximum Gasteiger partial charge on any atom is 0.319 e. The Bertz CT molecular complexity index is 716. The van der Waals surface area contributed by atoms with Crippen molar-refractivity contribution in [2.75, 3.05) is 13.1 Å². The van der Waals surface area contributed by atoms with Gasteiger partial charge in [0, 0.05) is 26.4 Å². The van der Waals surface area contributed by atoms with Crippen molar-refractivity contribution in [3.8, 4) is 0 Å². The van der Waals surface area contributed by atoms with Crippen molar-refractivity contribution in [3.63, 3.8) is 0 Å². The van der Waals surface area contributed by atoms with Gasteiger partial charge >= 0.3 is 5.97 Å². The molecule has 9 nitrogen and oxygen atoms in total. The highest BCUT2D eigenvalue weighted by atomic mass is 32.1. The van der Waals surface area contributed by atoms with E-state index in [0.29, 0.717) is 19.5 Å². The lowest BCUT2D eigenvalue weighted by Crippen LogP contribution is -2.53. The average Bonchev–Trinajstić information content (AvgIpc) is 2.71. The lowest BCUT2D eigenvalue weighted by molar-refractivity contribution is -0.143. The third-order valence-electron chi connectivity index (χ3n) is 4.26. The largest absolute Gasteiger partial charge is 0.480 e. The Morgan fingerprint density at radius 2 is 1.57 bits per heavy atom. The highest BCUT2D eigenvalue weighted by Crippen LogP contribution is 2.07. The van der Waals surface area contributed by atoms with Crippen LogP contribution in [-0.4, -0.2) is 64.4 Å². The lowest BCUT2D eigenvalue weighted by atomic mass is 10.0. The lowest BCUT2D eigenvalue weighted by Gasteiger charge is -2.21. The molecule has 0 bridgehead atoms. The minimum absolute atomic E-state index is 0.0867. The van der Waals surface area contributed by atoms with Crippen LogP contribution in [0.3, 0.4) is 0 Å². The molecule has 0 saturated carbocycles. The molecule has 0 saturated heterocycles. The second kappa shape index (κ2) is 13.6. The first-order chi connectivity index (χ1) is 14.2. The first kappa shape index (κ1) is 25.4. The van der Waals surface area contributed by atoms with Crippen LogP contribution in [0, 0.1) is 0 Å². The second-order valence-electron chi connectivity index (χ2n) is 6.81. The van der Waals surface area contributed by atoms with Crippen molar-refractivity contribution in [1.82, 2.24) is 16.0 Å². The quantitative estimate of drug-likeness (QED) is 0.187. The van der Waals surface area contributed by atoms with Gasteiger partial charge in [0.05, 0.1) is 0 Å². The molecule has 0 spiro atoms. The summed E-state index contributed by atoms with van der Waals surface area (Å²) in [6, 6.07) is 8.02. The number of thiol groups is 1. The van der Waals surface area contributed by atoms with E-state index in [-0.39, 0.29) is 12.3 Å². The summed E-state index contributed by atoms with van der Waals surface area (Å²) in [6.45, 7) is 2.40. The number of hydrogen-bond donors (Lipinski definition) is 6. The van der Waals surface area contributed by atoms with Gasteiger partial charge in [-0.05, 0) is 24.8 Å². The number of carbonyl (C=O) groups excluding carboxylic acids is 3. The van der Waals surface area contributed by atoms with E-state index in [9.17, 15) is 24.3 Å². The van der Waals surface area contributed by atoms with Crippen molar-refractivity contribution in [2.45, 2.75) is 50.0 Å². The van der Waals surface area contributed by atoms with E-state index in [1.165, 1.54) is 6.92 Å². The normalized spacial score (nSPS) is 13.6. The van der Waals surface area contributed by atoms with Gasteiger partial charge in [-0.25, -0.2) is 0 Å². The molecule has 1 aromatic carbocycles. The zero-order valence-electron chi connectivity index (χ0n) is 16.8. The van der Waals surface area contributed by atoms with E-state index < -0.39 is 35.2 Å². The number of aliphatic hydroxyl groups excluding tert-OH is 1. The number of unbranched alkanes of at least 4 members (excludes halogenated alkanes) is 2. The maximum atomic E-state index is 12.6. The highest BCUT2D eigenvalue weighted by molar-refractivity contribution is 7.81. The van der Waals surface area contributed by atoms with Crippen molar-refractivity contribution >= 4 is 36.3 Å². The van der Waals surface area contributed by atoms with E-state index in [1.54, 1.807) is 24.3 Å². The summed E-state index contributed by atoms with van der Waals surface area (Å²) in [5.41, 5.74) is 0.795. The first-order valence-corrected chi connectivity index (χ1v) is 10.2. The van der Waals surface area contributed by atoms with Gasteiger partial charge in [-0.15, -0.1) is 0 Å². The Labute approximate surface area is 181 Å². The fourth-order valence-corrected chi connectivity index (χ4v) is 2.76. The smallest absolute Gasteiger partial charge is 0.319 e. The summed E-state index contributed by atoms with van der Waals surface area (Å²) < 4.78 is 0. The molecule has 5 N–H and O–H groups in total. The van der Waals surface area contributed by atoms with Gasteiger partial charge in [-0.1, -0.05) is 30.3 Å². The molecule has 166 valence electrons. The molecule has 0 aliphatic heterocycles. The van der Waals surface area contributed by atoms with Crippen LogP contribution in [0.4, 0.5) is 0 Å². The SMILES string of the molecule is CC(=O)NCCCCCNC(=O)[C@H](Cc1ccccc1)NC(=O)[C@H](O)C(S)C(=O)O. The molecule has 10 heteroatoms. The first-order valence-electron chi connectivity index (χ1n) is 9.67. The number of carboxylic acid groups (broad SMARTS) is 1. The van der Waals surface area contributed by atoms with Crippen LogP contribution in [0.5, 0.6) is 0 Å². The number of benzene rings is 1. The molecule has 1 aromatic rings. The van der Waals surface area contributed by atoms with Crippen molar-refractivity contribution in [3.05, 3.63) is 35.9 Å². The second-order valence-corrected chi connectivity index (χ2v) is 7.37. The van der Waals surface area contributed by atoms with Crippen LogP contribution in [0.2, 0.25) is 0 Å². The third kappa shape index (κ3) is 9.75. The molecular weight excluding hydrogens is 410 g/mol. The summed E-state index contributed by atoms with van der Waals surface area (Å²) in [5, 5.41) is 25.0. The van der Waals surface area contributed by atoms with Crippen LogP contribution in [0.15, 0.2) is 30.3 Å². The van der Waals surface area contributed by atoms with Gasteiger partial charge in [0.2, 0.25) is 11.8 Å². The number of nitrogens with one attached hydrogen (secondary N) is 3. The number of hydrogen-bond acceptors (Lipinski definition) is 6. The van der Waals surface area contributed by atoms with Crippen LogP contribution < -0.4 is 16.0 Å². The summed E-state index contributed by atoms with van der Waals surface area (Å²) >= 11 is 3.70. The van der Waals surface area contributed by atoms with Crippen molar-refractivity contribution in [2.24, 2.45) is 0 Å². The van der Waals surface area contributed by atoms with Crippen LogP contribution >= 0.6 is 12.6 Å². The minimum atomic E-state index is -1.90. The van der Waals surface area contributed by atoms with Crippen LogP contribution in [0.25, 0.3) is 0 Å². The molecule has 0 heterocycles. The molecule has 0 aromatic heterocycles. The van der Waals surface area contributed by atoms with Gasteiger partial charge < -0.3 is 26.2 Å². The number of aliphatic carboxylic acids is 1. The summed E-state index contributed by atoms with van der Waals surface area (Å²) in [6.07, 6.45) is 0.556. The molecular formula is C20H29N3O6S. The molecule has 1 rings (SSSR count). The molecule has 0 aliphatic carbocycles. The van der Waals surface area contributed by atoms with E-state index in [2.05, 4.69) is 28.6 Å².